The number of halogens is 1. The molecule has 6 nitrogen and oxygen atoms in total. The zero-order valence-electron chi connectivity index (χ0n) is 17.1. The van der Waals surface area contributed by atoms with Gasteiger partial charge in [-0.1, -0.05) is 13.0 Å². The number of nitrogens with zero attached hydrogens (tertiary/aromatic N) is 1. The molecule has 1 aliphatic heterocycles. The Balaban J connectivity index is 1.59. The van der Waals surface area contributed by atoms with Gasteiger partial charge >= 0.3 is 0 Å². The first kappa shape index (κ1) is 21.6. The van der Waals surface area contributed by atoms with Crippen LogP contribution in [0.3, 0.4) is 0 Å². The Kier molecular flexibility index (Phi) is 6.80. The predicted octanol–water partition coefficient (Wildman–Crippen LogP) is 4.53. The van der Waals surface area contributed by atoms with E-state index in [1.807, 2.05) is 0 Å². The highest BCUT2D eigenvalue weighted by Crippen LogP contribution is 2.23. The van der Waals surface area contributed by atoms with Gasteiger partial charge in [-0.2, -0.15) is 0 Å². The normalized spacial score (nSPS) is 17.7. The van der Waals surface area contributed by atoms with Gasteiger partial charge in [0.15, 0.2) is 10.4 Å². The Morgan fingerprint density at radius 1 is 1.24 bits per heavy atom. The molecule has 0 radical (unpaired) electrons. The number of benzene rings is 1. The highest BCUT2D eigenvalue weighted by molar-refractivity contribution is 9.10. The van der Waals surface area contributed by atoms with Gasteiger partial charge in [-0.3, -0.25) is 14.5 Å². The van der Waals surface area contributed by atoms with Crippen LogP contribution >= 0.6 is 15.9 Å². The topological polar surface area (TPSA) is 74.6 Å². The number of piperidine rings is 1. The van der Waals surface area contributed by atoms with E-state index >= 15 is 0 Å². The predicted molar refractivity (Wildman–Crippen MR) is 117 cm³/mol. The maximum Gasteiger partial charge on any atom is 0.291 e. The summed E-state index contributed by atoms with van der Waals surface area (Å²) in [5.74, 6) is 0.367. The minimum Gasteiger partial charge on any atom is -0.444 e. The number of hydrogen-bond acceptors (Lipinski definition) is 4. The van der Waals surface area contributed by atoms with Gasteiger partial charge in [0, 0.05) is 29.9 Å². The average Bonchev–Trinajstić information content (AvgIpc) is 3.13. The quantitative estimate of drug-likeness (QED) is 0.662. The molecule has 0 bridgehead atoms. The van der Waals surface area contributed by atoms with Crippen molar-refractivity contribution in [2.45, 2.75) is 39.2 Å². The molecule has 1 fully saturated rings. The summed E-state index contributed by atoms with van der Waals surface area (Å²) in [7, 11) is 0. The minimum atomic E-state index is -0.367. The zero-order valence-corrected chi connectivity index (χ0v) is 18.7. The number of hydrogen-bond donors (Lipinski definition) is 2. The first-order chi connectivity index (χ1) is 13.7. The van der Waals surface area contributed by atoms with Gasteiger partial charge in [-0.15, -0.1) is 0 Å². The van der Waals surface area contributed by atoms with Crippen molar-refractivity contribution in [2.75, 3.05) is 25.0 Å². The van der Waals surface area contributed by atoms with Crippen molar-refractivity contribution < 1.29 is 14.0 Å². The second-order valence-corrected chi connectivity index (χ2v) is 9.11. The highest BCUT2D eigenvalue weighted by Gasteiger charge is 2.30. The van der Waals surface area contributed by atoms with Crippen LogP contribution in [0.4, 0.5) is 5.69 Å². The third-order valence-electron chi connectivity index (χ3n) is 5.37. The van der Waals surface area contributed by atoms with Gasteiger partial charge in [0.1, 0.15) is 0 Å². The molecule has 1 saturated heterocycles. The van der Waals surface area contributed by atoms with E-state index in [0.29, 0.717) is 28.4 Å². The lowest BCUT2D eigenvalue weighted by Crippen LogP contribution is -2.54. The molecule has 2 N–H and O–H groups in total. The molecule has 1 aromatic carbocycles. The van der Waals surface area contributed by atoms with E-state index in [1.54, 1.807) is 36.4 Å². The lowest BCUT2D eigenvalue weighted by molar-refractivity contribution is 0.0657. The van der Waals surface area contributed by atoms with Crippen LogP contribution in [0.5, 0.6) is 0 Å². The molecule has 2 aromatic rings. The molecular formula is C22H28BrN3O3. The van der Waals surface area contributed by atoms with E-state index in [0.717, 1.165) is 13.1 Å². The summed E-state index contributed by atoms with van der Waals surface area (Å²) in [5, 5.41) is 5.80. The van der Waals surface area contributed by atoms with Gasteiger partial charge in [0.05, 0.1) is 0 Å². The Labute approximate surface area is 180 Å². The number of likely N-dealkylation sites (tertiary alicyclic amines) is 1. The fourth-order valence-electron chi connectivity index (χ4n) is 3.62. The van der Waals surface area contributed by atoms with Crippen LogP contribution in [-0.2, 0) is 0 Å². The second-order valence-electron chi connectivity index (χ2n) is 8.33. The monoisotopic (exact) mass is 461 g/mol. The number of carbonyl (C=O) groups excluding carboxylic acids is 2. The Morgan fingerprint density at radius 3 is 2.72 bits per heavy atom. The van der Waals surface area contributed by atoms with Crippen LogP contribution in [0.25, 0.3) is 0 Å². The van der Waals surface area contributed by atoms with Gasteiger partial charge in [0.2, 0.25) is 0 Å². The molecule has 1 atom stereocenters. The molecular weight excluding hydrogens is 434 g/mol. The summed E-state index contributed by atoms with van der Waals surface area (Å²) in [6.45, 7) is 9.31. The summed E-state index contributed by atoms with van der Waals surface area (Å²) in [6, 6.07) is 10.1. The SMILES string of the molecule is CC1CCCN(C(C)(C)CNC(=O)c2cccc(NC(=O)c3ccc(Br)o3)c2)C1. The van der Waals surface area contributed by atoms with Crippen molar-refractivity contribution >= 4 is 33.4 Å². The molecule has 3 rings (SSSR count). The van der Waals surface area contributed by atoms with Gasteiger partial charge in [-0.05, 0) is 85.4 Å². The van der Waals surface area contributed by atoms with Crippen LogP contribution in [0, 0.1) is 5.92 Å². The minimum absolute atomic E-state index is 0.108. The van der Waals surface area contributed by atoms with Crippen molar-refractivity contribution in [1.29, 1.82) is 0 Å². The van der Waals surface area contributed by atoms with Crippen molar-refractivity contribution in [2.24, 2.45) is 5.92 Å². The maximum atomic E-state index is 12.7. The van der Waals surface area contributed by atoms with Crippen molar-refractivity contribution in [3.8, 4) is 0 Å². The largest absolute Gasteiger partial charge is 0.444 e. The van der Waals surface area contributed by atoms with Crippen LogP contribution < -0.4 is 10.6 Å². The molecule has 1 aromatic heterocycles. The van der Waals surface area contributed by atoms with Gasteiger partial charge in [-0.25, -0.2) is 0 Å². The van der Waals surface area contributed by atoms with Crippen molar-refractivity contribution in [3.05, 3.63) is 52.4 Å². The fraction of sp³-hybridized carbons (Fsp3) is 0.455. The Bertz CT molecular complexity index is 878. The molecule has 0 aliphatic carbocycles. The Hall–Kier alpha value is -2.12. The van der Waals surface area contributed by atoms with Crippen LogP contribution in [0.1, 0.15) is 54.5 Å². The van der Waals surface area contributed by atoms with E-state index in [4.69, 9.17) is 4.42 Å². The lowest BCUT2D eigenvalue weighted by Gasteiger charge is -2.43. The standard InChI is InChI=1S/C22H28BrN3O3/c1-15-6-5-11-26(13-15)22(2,3)14-24-20(27)16-7-4-8-17(12-16)25-21(28)18-9-10-19(23)29-18/h4,7-10,12,15H,5-6,11,13-14H2,1-3H3,(H,24,27)(H,25,28). The number of anilines is 1. The third kappa shape index (κ3) is 5.70. The van der Waals surface area contributed by atoms with Gasteiger partial charge in [0.25, 0.3) is 11.8 Å². The summed E-state index contributed by atoms with van der Waals surface area (Å²) in [6.07, 6.45) is 2.47. The van der Waals surface area contributed by atoms with Crippen LogP contribution in [0.2, 0.25) is 0 Å². The molecule has 0 spiro atoms. The van der Waals surface area contributed by atoms with E-state index in [1.165, 1.54) is 12.8 Å². The van der Waals surface area contributed by atoms with E-state index in [9.17, 15) is 9.59 Å². The van der Waals surface area contributed by atoms with Crippen molar-refractivity contribution in [1.82, 2.24) is 10.2 Å². The summed E-state index contributed by atoms with van der Waals surface area (Å²) in [4.78, 5) is 27.4. The zero-order chi connectivity index (χ0) is 21.0. The summed E-state index contributed by atoms with van der Waals surface area (Å²) >= 11 is 3.18. The highest BCUT2D eigenvalue weighted by atomic mass is 79.9. The number of nitrogens with one attached hydrogen (secondary N) is 2. The number of rotatable bonds is 6. The molecule has 7 heteroatoms. The number of furan rings is 1. The average molecular weight is 462 g/mol. The summed E-state index contributed by atoms with van der Waals surface area (Å²) in [5.41, 5.74) is 0.938. The first-order valence-corrected chi connectivity index (χ1v) is 10.7. The Morgan fingerprint density at radius 2 is 2.03 bits per heavy atom. The molecule has 2 amide bonds. The van der Waals surface area contributed by atoms with Crippen LogP contribution in [0.15, 0.2) is 45.5 Å². The smallest absolute Gasteiger partial charge is 0.291 e. The molecule has 2 heterocycles. The lowest BCUT2D eigenvalue weighted by atomic mass is 9.93. The number of carbonyl (C=O) groups is 2. The second kappa shape index (κ2) is 9.13. The maximum absolute atomic E-state index is 12.7. The third-order valence-corrected chi connectivity index (χ3v) is 5.80. The molecule has 0 saturated carbocycles. The van der Waals surface area contributed by atoms with Gasteiger partial charge < -0.3 is 15.1 Å². The molecule has 1 aliphatic rings. The van der Waals surface area contributed by atoms with Crippen LogP contribution in [-0.4, -0.2) is 41.9 Å². The molecule has 1 unspecified atom stereocenters. The summed E-state index contributed by atoms with van der Waals surface area (Å²) < 4.78 is 5.74. The molecule has 156 valence electrons. The van der Waals surface area contributed by atoms with E-state index < -0.39 is 0 Å². The molecule has 29 heavy (non-hydrogen) atoms. The van der Waals surface area contributed by atoms with E-state index in [2.05, 4.69) is 52.2 Å². The van der Waals surface area contributed by atoms with E-state index in [-0.39, 0.29) is 23.1 Å². The van der Waals surface area contributed by atoms with Crippen molar-refractivity contribution in [3.63, 3.8) is 0 Å². The first-order valence-electron chi connectivity index (χ1n) is 9.94. The number of amides is 2. The fourth-order valence-corrected chi connectivity index (χ4v) is 3.92.